The van der Waals surface area contributed by atoms with E-state index >= 15 is 0 Å². The number of nitrogens with one attached hydrogen (secondary N) is 1. The molecule has 0 aliphatic heterocycles. The first-order valence-electron chi connectivity index (χ1n) is 10.3. The maximum atomic E-state index is 13.5. The second kappa shape index (κ2) is 8.85. The molecule has 1 amide bonds. The van der Waals surface area contributed by atoms with Gasteiger partial charge in [-0.3, -0.25) is 14.2 Å². The molecule has 0 saturated heterocycles. The van der Waals surface area contributed by atoms with E-state index in [9.17, 15) is 14.4 Å². The standard InChI is InChI=1S/C25H22ClN3O3/c1-16(18-9-4-3-5-10-18)27-23(30)17(2)28-22-14-7-6-13-21(22)24(31)29(25(28)32)20-12-8-11-19(26)15-20/h3-17H,1-2H3,(H,27,30). The predicted molar refractivity (Wildman–Crippen MR) is 127 cm³/mol. The lowest BCUT2D eigenvalue weighted by Gasteiger charge is -2.22. The number of fused-ring (bicyclic) bond motifs is 1. The Morgan fingerprint density at radius 3 is 2.31 bits per heavy atom. The minimum atomic E-state index is -0.857. The summed E-state index contributed by atoms with van der Waals surface area (Å²) in [6, 6.07) is 21.8. The van der Waals surface area contributed by atoms with Gasteiger partial charge >= 0.3 is 5.69 Å². The van der Waals surface area contributed by atoms with Crippen LogP contribution in [0.1, 0.15) is 31.5 Å². The molecule has 0 radical (unpaired) electrons. The maximum absolute atomic E-state index is 13.5. The minimum absolute atomic E-state index is 0.244. The zero-order valence-corrected chi connectivity index (χ0v) is 18.4. The van der Waals surface area contributed by atoms with Gasteiger partial charge in [-0.2, -0.15) is 0 Å². The molecule has 0 spiro atoms. The summed E-state index contributed by atoms with van der Waals surface area (Å²) in [6.45, 7) is 3.53. The third kappa shape index (κ3) is 3.97. The summed E-state index contributed by atoms with van der Waals surface area (Å²) >= 11 is 6.10. The number of hydrogen-bond acceptors (Lipinski definition) is 3. The first-order valence-corrected chi connectivity index (χ1v) is 10.6. The number of amides is 1. The van der Waals surface area contributed by atoms with E-state index in [4.69, 9.17) is 11.6 Å². The number of rotatable bonds is 5. The first kappa shape index (κ1) is 21.6. The Morgan fingerprint density at radius 1 is 0.906 bits per heavy atom. The van der Waals surface area contributed by atoms with E-state index in [2.05, 4.69) is 5.32 Å². The smallest absolute Gasteiger partial charge is 0.336 e. The van der Waals surface area contributed by atoms with E-state index in [-0.39, 0.29) is 11.9 Å². The van der Waals surface area contributed by atoms with Gasteiger partial charge in [0.15, 0.2) is 0 Å². The van der Waals surface area contributed by atoms with Crippen LogP contribution in [0.25, 0.3) is 16.6 Å². The molecule has 162 valence electrons. The summed E-state index contributed by atoms with van der Waals surface area (Å²) in [4.78, 5) is 39.8. The fourth-order valence-electron chi connectivity index (χ4n) is 3.78. The van der Waals surface area contributed by atoms with Crippen molar-refractivity contribution in [2.24, 2.45) is 0 Å². The van der Waals surface area contributed by atoms with Gasteiger partial charge in [0.1, 0.15) is 6.04 Å². The molecule has 7 heteroatoms. The van der Waals surface area contributed by atoms with E-state index in [1.807, 2.05) is 37.3 Å². The van der Waals surface area contributed by atoms with Crippen LogP contribution in [0.2, 0.25) is 5.02 Å². The fourth-order valence-corrected chi connectivity index (χ4v) is 3.96. The van der Waals surface area contributed by atoms with Crippen molar-refractivity contribution in [3.05, 3.63) is 110 Å². The Morgan fingerprint density at radius 2 is 1.59 bits per heavy atom. The third-order valence-electron chi connectivity index (χ3n) is 5.49. The van der Waals surface area contributed by atoms with Crippen LogP contribution in [0.4, 0.5) is 0 Å². The van der Waals surface area contributed by atoms with Gasteiger partial charge in [0.2, 0.25) is 5.91 Å². The molecule has 3 aromatic carbocycles. The molecule has 0 fully saturated rings. The molecule has 2 unspecified atom stereocenters. The van der Waals surface area contributed by atoms with Gasteiger partial charge in [-0.1, -0.05) is 60.1 Å². The largest absolute Gasteiger partial charge is 0.348 e. The monoisotopic (exact) mass is 447 g/mol. The minimum Gasteiger partial charge on any atom is -0.348 e. The fraction of sp³-hybridized carbons (Fsp3) is 0.160. The van der Waals surface area contributed by atoms with Gasteiger partial charge in [0.25, 0.3) is 5.56 Å². The van der Waals surface area contributed by atoms with E-state index < -0.39 is 17.3 Å². The van der Waals surface area contributed by atoms with Crippen molar-refractivity contribution in [1.82, 2.24) is 14.5 Å². The van der Waals surface area contributed by atoms with E-state index in [1.165, 1.54) is 4.57 Å². The molecular formula is C25H22ClN3O3. The SMILES string of the molecule is CC(NC(=O)C(C)n1c(=O)n(-c2cccc(Cl)c2)c(=O)c2ccccc21)c1ccccc1. The molecule has 1 aromatic heterocycles. The van der Waals surface area contributed by atoms with Gasteiger partial charge in [0.05, 0.1) is 22.6 Å². The van der Waals surface area contributed by atoms with E-state index in [0.717, 1.165) is 10.1 Å². The summed E-state index contributed by atoms with van der Waals surface area (Å²) in [5, 5.41) is 3.70. The predicted octanol–water partition coefficient (Wildman–Crippen LogP) is 4.24. The van der Waals surface area contributed by atoms with Crippen molar-refractivity contribution in [2.45, 2.75) is 25.9 Å². The van der Waals surface area contributed by atoms with Crippen LogP contribution in [0.15, 0.2) is 88.5 Å². The number of carbonyl (C=O) groups is 1. The van der Waals surface area contributed by atoms with Crippen molar-refractivity contribution in [3.8, 4) is 5.69 Å². The maximum Gasteiger partial charge on any atom is 0.336 e. The Kier molecular flexibility index (Phi) is 5.97. The van der Waals surface area contributed by atoms with Gasteiger partial charge in [0, 0.05) is 5.02 Å². The average molecular weight is 448 g/mol. The number of carbonyl (C=O) groups excluding carboxylic acids is 1. The van der Waals surface area contributed by atoms with Crippen LogP contribution in [-0.2, 0) is 4.79 Å². The van der Waals surface area contributed by atoms with Gasteiger partial charge in [-0.25, -0.2) is 9.36 Å². The van der Waals surface area contributed by atoms with Crippen molar-refractivity contribution in [3.63, 3.8) is 0 Å². The zero-order chi connectivity index (χ0) is 22.8. The molecule has 0 saturated carbocycles. The van der Waals surface area contributed by atoms with Crippen LogP contribution in [0, 0.1) is 0 Å². The average Bonchev–Trinajstić information content (AvgIpc) is 2.79. The number of nitrogens with zero attached hydrogens (tertiary/aromatic N) is 2. The number of halogens is 1. The second-order valence-corrected chi connectivity index (χ2v) is 8.04. The lowest BCUT2D eigenvalue weighted by molar-refractivity contribution is -0.124. The summed E-state index contributed by atoms with van der Waals surface area (Å²) < 4.78 is 2.41. The van der Waals surface area contributed by atoms with Crippen LogP contribution >= 0.6 is 11.6 Å². The quantitative estimate of drug-likeness (QED) is 0.497. The third-order valence-corrected chi connectivity index (χ3v) is 5.72. The molecule has 1 heterocycles. The second-order valence-electron chi connectivity index (χ2n) is 7.61. The van der Waals surface area contributed by atoms with Crippen LogP contribution in [0.5, 0.6) is 0 Å². The highest BCUT2D eigenvalue weighted by atomic mass is 35.5. The van der Waals surface area contributed by atoms with E-state index in [0.29, 0.717) is 21.6 Å². The highest BCUT2D eigenvalue weighted by molar-refractivity contribution is 6.30. The van der Waals surface area contributed by atoms with Gasteiger partial charge in [-0.15, -0.1) is 0 Å². The number of hydrogen-bond donors (Lipinski definition) is 1. The summed E-state index contributed by atoms with van der Waals surface area (Å²) in [5.41, 5.74) is 0.627. The molecule has 4 rings (SSSR count). The molecule has 0 bridgehead atoms. The number of aromatic nitrogens is 2. The Balaban J connectivity index is 1.84. The van der Waals surface area contributed by atoms with Crippen molar-refractivity contribution in [2.75, 3.05) is 0 Å². The lowest BCUT2D eigenvalue weighted by Crippen LogP contribution is -2.44. The molecule has 2 atom stereocenters. The molecule has 0 aliphatic rings. The molecular weight excluding hydrogens is 426 g/mol. The number of benzene rings is 3. The number of para-hydroxylation sites is 1. The Bertz CT molecular complexity index is 1410. The van der Waals surface area contributed by atoms with E-state index in [1.54, 1.807) is 55.5 Å². The topological polar surface area (TPSA) is 73.1 Å². The van der Waals surface area contributed by atoms with Crippen LogP contribution in [-0.4, -0.2) is 15.0 Å². The Hall–Kier alpha value is -3.64. The highest BCUT2D eigenvalue weighted by Crippen LogP contribution is 2.18. The lowest BCUT2D eigenvalue weighted by atomic mass is 10.1. The van der Waals surface area contributed by atoms with Crippen LogP contribution in [0.3, 0.4) is 0 Å². The first-order chi connectivity index (χ1) is 15.4. The van der Waals surface area contributed by atoms with Crippen molar-refractivity contribution < 1.29 is 4.79 Å². The molecule has 1 N–H and O–H groups in total. The summed E-state index contributed by atoms with van der Waals surface area (Å²) in [7, 11) is 0. The Labute approximate surface area is 189 Å². The van der Waals surface area contributed by atoms with Crippen molar-refractivity contribution in [1.29, 1.82) is 0 Å². The highest BCUT2D eigenvalue weighted by Gasteiger charge is 2.24. The molecule has 6 nitrogen and oxygen atoms in total. The summed E-state index contributed by atoms with van der Waals surface area (Å²) in [6.07, 6.45) is 0. The zero-order valence-electron chi connectivity index (χ0n) is 17.7. The van der Waals surface area contributed by atoms with Gasteiger partial charge < -0.3 is 5.32 Å². The molecule has 32 heavy (non-hydrogen) atoms. The molecule has 0 aliphatic carbocycles. The normalized spacial score (nSPS) is 13.0. The van der Waals surface area contributed by atoms with Gasteiger partial charge in [-0.05, 0) is 49.7 Å². The summed E-state index contributed by atoms with van der Waals surface area (Å²) in [5.74, 6) is -0.329. The van der Waals surface area contributed by atoms with Crippen LogP contribution < -0.4 is 16.6 Å². The molecule has 4 aromatic rings. The van der Waals surface area contributed by atoms with Crippen molar-refractivity contribution >= 4 is 28.4 Å².